The van der Waals surface area contributed by atoms with Gasteiger partial charge in [-0.25, -0.2) is 4.98 Å². The van der Waals surface area contributed by atoms with Gasteiger partial charge in [0, 0.05) is 18.4 Å². The first-order chi connectivity index (χ1) is 13.8. The zero-order valence-electron chi connectivity index (χ0n) is 15.2. The summed E-state index contributed by atoms with van der Waals surface area (Å²) in [6.07, 6.45) is -2.69. The Morgan fingerprint density at radius 3 is 2.41 bits per heavy atom. The Balaban J connectivity index is 1.61. The number of nitrogens with zero attached hydrogens (tertiary/aromatic N) is 2. The van der Waals surface area contributed by atoms with E-state index in [0.717, 1.165) is 17.7 Å². The topological polar surface area (TPSA) is 67.1 Å². The number of alkyl halides is 3. The van der Waals surface area contributed by atoms with Crippen molar-refractivity contribution in [2.45, 2.75) is 24.5 Å². The second-order valence-corrected chi connectivity index (χ2v) is 7.14. The fraction of sp³-hybridized carbons (Fsp3) is 0.200. The molecule has 5 nitrogen and oxygen atoms in total. The van der Waals surface area contributed by atoms with Crippen molar-refractivity contribution in [3.8, 4) is 0 Å². The maximum Gasteiger partial charge on any atom is 0.416 e. The standard InChI is InChI=1S/C20H18F3N3O2S/c21-20(22,23)15-6-8-16(9-7-15)24-18(28)13-29-19-25-17(12-27)11-26(19)10-14-4-2-1-3-5-14/h1-9,11,27H,10,12-13H2,(H,24,28). The molecule has 0 spiro atoms. The summed E-state index contributed by atoms with van der Waals surface area (Å²) in [4.78, 5) is 16.5. The average Bonchev–Trinajstić information content (AvgIpc) is 3.09. The summed E-state index contributed by atoms with van der Waals surface area (Å²) in [5, 5.41) is 12.5. The number of anilines is 1. The SMILES string of the molecule is O=C(CSc1nc(CO)cn1Cc1ccccc1)Nc1ccc(C(F)(F)F)cc1. The molecule has 1 aromatic heterocycles. The molecule has 1 amide bonds. The number of hydrogen-bond donors (Lipinski definition) is 2. The van der Waals surface area contributed by atoms with Gasteiger partial charge in [0.05, 0.1) is 23.6 Å². The summed E-state index contributed by atoms with van der Waals surface area (Å²) in [5.41, 5.74) is 1.05. The first-order valence-corrected chi connectivity index (χ1v) is 9.64. The first kappa shape index (κ1) is 20.9. The molecule has 2 aromatic carbocycles. The van der Waals surface area contributed by atoms with Crippen LogP contribution < -0.4 is 5.32 Å². The minimum absolute atomic E-state index is 0.0255. The summed E-state index contributed by atoms with van der Waals surface area (Å²) in [6.45, 7) is 0.323. The van der Waals surface area contributed by atoms with Gasteiger partial charge in [-0.05, 0) is 29.8 Å². The van der Waals surface area contributed by atoms with E-state index in [1.165, 1.54) is 23.9 Å². The normalized spacial score (nSPS) is 11.4. The maximum atomic E-state index is 12.6. The van der Waals surface area contributed by atoms with Crippen LogP contribution in [0.4, 0.5) is 18.9 Å². The highest BCUT2D eigenvalue weighted by Crippen LogP contribution is 2.30. The number of nitrogens with one attached hydrogen (secondary N) is 1. The third-order valence-electron chi connectivity index (χ3n) is 3.98. The Labute approximate surface area is 169 Å². The lowest BCUT2D eigenvalue weighted by Gasteiger charge is -2.09. The molecule has 0 aliphatic rings. The summed E-state index contributed by atoms with van der Waals surface area (Å²) < 4.78 is 39.6. The number of benzene rings is 2. The highest BCUT2D eigenvalue weighted by molar-refractivity contribution is 7.99. The fourth-order valence-electron chi connectivity index (χ4n) is 2.61. The molecule has 3 rings (SSSR count). The van der Waals surface area contributed by atoms with E-state index in [-0.39, 0.29) is 24.0 Å². The van der Waals surface area contributed by atoms with Crippen LogP contribution in [0.15, 0.2) is 66.0 Å². The second kappa shape index (κ2) is 9.15. The number of aliphatic hydroxyl groups is 1. The molecular weight excluding hydrogens is 403 g/mol. The first-order valence-electron chi connectivity index (χ1n) is 8.66. The van der Waals surface area contributed by atoms with E-state index in [2.05, 4.69) is 10.3 Å². The molecule has 0 aliphatic carbocycles. The molecule has 0 saturated heterocycles. The van der Waals surface area contributed by atoms with E-state index in [4.69, 9.17) is 0 Å². The number of rotatable bonds is 7. The van der Waals surface area contributed by atoms with E-state index in [0.29, 0.717) is 17.4 Å². The quantitative estimate of drug-likeness (QED) is 0.562. The van der Waals surface area contributed by atoms with Crippen LogP contribution in [-0.2, 0) is 24.1 Å². The summed E-state index contributed by atoms with van der Waals surface area (Å²) in [6, 6.07) is 13.9. The van der Waals surface area contributed by atoms with Crippen LogP contribution in [0.1, 0.15) is 16.8 Å². The monoisotopic (exact) mass is 421 g/mol. The van der Waals surface area contributed by atoms with Gasteiger partial charge in [0.1, 0.15) is 0 Å². The molecule has 0 saturated carbocycles. The van der Waals surface area contributed by atoms with E-state index in [1.807, 2.05) is 34.9 Å². The molecule has 0 bridgehead atoms. The molecule has 3 aromatic rings. The molecule has 0 atom stereocenters. The number of carbonyl (C=O) groups excluding carboxylic acids is 1. The maximum absolute atomic E-state index is 12.6. The number of halogens is 3. The Morgan fingerprint density at radius 2 is 1.79 bits per heavy atom. The number of amides is 1. The smallest absolute Gasteiger partial charge is 0.390 e. The van der Waals surface area contributed by atoms with Gasteiger partial charge in [-0.3, -0.25) is 4.79 Å². The summed E-state index contributed by atoms with van der Waals surface area (Å²) in [5.74, 6) is -0.341. The van der Waals surface area contributed by atoms with Crippen molar-refractivity contribution in [2.75, 3.05) is 11.1 Å². The van der Waals surface area contributed by atoms with Crippen LogP contribution in [0.3, 0.4) is 0 Å². The molecule has 1 heterocycles. The molecule has 152 valence electrons. The van der Waals surface area contributed by atoms with E-state index >= 15 is 0 Å². The Morgan fingerprint density at radius 1 is 1.10 bits per heavy atom. The van der Waals surface area contributed by atoms with Gasteiger partial charge in [0.25, 0.3) is 0 Å². The fourth-order valence-corrected chi connectivity index (χ4v) is 3.40. The van der Waals surface area contributed by atoms with Gasteiger partial charge in [-0.2, -0.15) is 13.2 Å². The number of aliphatic hydroxyl groups excluding tert-OH is 1. The van der Waals surface area contributed by atoms with Crippen molar-refractivity contribution in [3.05, 3.63) is 77.6 Å². The van der Waals surface area contributed by atoms with E-state index in [1.54, 1.807) is 6.20 Å². The zero-order valence-corrected chi connectivity index (χ0v) is 16.0. The number of thioether (sulfide) groups is 1. The molecule has 0 radical (unpaired) electrons. The van der Waals surface area contributed by atoms with Crippen LogP contribution >= 0.6 is 11.8 Å². The van der Waals surface area contributed by atoms with Crippen LogP contribution in [0.5, 0.6) is 0 Å². The lowest BCUT2D eigenvalue weighted by Crippen LogP contribution is -2.15. The predicted molar refractivity (Wildman–Crippen MR) is 104 cm³/mol. The van der Waals surface area contributed by atoms with Gasteiger partial charge >= 0.3 is 6.18 Å². The van der Waals surface area contributed by atoms with E-state index < -0.39 is 11.7 Å². The Bertz CT molecular complexity index is 957. The predicted octanol–water partition coefficient (Wildman–Crippen LogP) is 4.17. The number of imidazole rings is 1. The van der Waals surface area contributed by atoms with Crippen LogP contribution in [0.25, 0.3) is 0 Å². The van der Waals surface area contributed by atoms with Crippen LogP contribution in [-0.4, -0.2) is 26.3 Å². The van der Waals surface area contributed by atoms with Crippen molar-refractivity contribution < 1.29 is 23.1 Å². The van der Waals surface area contributed by atoms with Crippen molar-refractivity contribution in [3.63, 3.8) is 0 Å². The molecule has 0 fully saturated rings. The molecule has 2 N–H and O–H groups in total. The van der Waals surface area contributed by atoms with Crippen molar-refractivity contribution >= 4 is 23.4 Å². The van der Waals surface area contributed by atoms with Gasteiger partial charge in [0.15, 0.2) is 5.16 Å². The van der Waals surface area contributed by atoms with Gasteiger partial charge in [-0.1, -0.05) is 42.1 Å². The summed E-state index contributed by atoms with van der Waals surface area (Å²) >= 11 is 1.19. The van der Waals surface area contributed by atoms with Gasteiger partial charge in [0.2, 0.25) is 5.91 Å². The molecule has 29 heavy (non-hydrogen) atoms. The highest BCUT2D eigenvalue weighted by Gasteiger charge is 2.30. The molecule has 9 heteroatoms. The van der Waals surface area contributed by atoms with Crippen LogP contribution in [0.2, 0.25) is 0 Å². The molecule has 0 unspecified atom stereocenters. The second-order valence-electron chi connectivity index (χ2n) is 6.20. The number of hydrogen-bond acceptors (Lipinski definition) is 4. The summed E-state index contributed by atoms with van der Waals surface area (Å²) in [7, 11) is 0. The number of aromatic nitrogens is 2. The zero-order chi connectivity index (χ0) is 20.9. The van der Waals surface area contributed by atoms with Gasteiger partial charge < -0.3 is 15.0 Å². The minimum Gasteiger partial charge on any atom is -0.390 e. The highest BCUT2D eigenvalue weighted by atomic mass is 32.2. The largest absolute Gasteiger partial charge is 0.416 e. The molecule has 0 aliphatic heterocycles. The Kier molecular flexibility index (Phi) is 6.60. The average molecular weight is 421 g/mol. The third-order valence-corrected chi connectivity index (χ3v) is 4.97. The van der Waals surface area contributed by atoms with Crippen molar-refractivity contribution in [1.29, 1.82) is 0 Å². The van der Waals surface area contributed by atoms with Gasteiger partial charge in [-0.15, -0.1) is 0 Å². The lowest BCUT2D eigenvalue weighted by molar-refractivity contribution is -0.137. The van der Waals surface area contributed by atoms with E-state index in [9.17, 15) is 23.1 Å². The third kappa shape index (κ3) is 5.85. The van der Waals surface area contributed by atoms with Crippen molar-refractivity contribution in [2.24, 2.45) is 0 Å². The minimum atomic E-state index is -4.42. The van der Waals surface area contributed by atoms with Crippen molar-refractivity contribution in [1.82, 2.24) is 9.55 Å². The number of carbonyl (C=O) groups is 1. The van der Waals surface area contributed by atoms with Crippen LogP contribution in [0, 0.1) is 0 Å². The lowest BCUT2D eigenvalue weighted by atomic mass is 10.2. The Hall–Kier alpha value is -2.78. The molecular formula is C20H18F3N3O2S.